The second-order valence-corrected chi connectivity index (χ2v) is 8.62. The Kier molecular flexibility index (Phi) is 7.58. The summed E-state index contributed by atoms with van der Waals surface area (Å²) in [7, 11) is -3.04. The van der Waals surface area contributed by atoms with Gasteiger partial charge in [-0.1, -0.05) is 56.1 Å². The lowest BCUT2D eigenvalue weighted by Crippen LogP contribution is -2.15. The third-order valence-corrected chi connectivity index (χ3v) is 5.81. The highest BCUT2D eigenvalue weighted by Gasteiger charge is 1.98. The summed E-state index contributed by atoms with van der Waals surface area (Å²) in [5.41, 5.74) is 1.83. The molecule has 3 nitrogen and oxygen atoms in total. The Labute approximate surface area is 157 Å². The maximum Gasteiger partial charge on any atom is 0.129 e. The van der Waals surface area contributed by atoms with Crippen LogP contribution in [0, 0.1) is 0 Å². The van der Waals surface area contributed by atoms with E-state index in [0.29, 0.717) is 0 Å². The lowest BCUT2D eigenvalue weighted by molar-refractivity contribution is 0.678. The van der Waals surface area contributed by atoms with Crippen LogP contribution in [-0.4, -0.2) is 8.42 Å². The second-order valence-electron chi connectivity index (χ2n) is 4.39. The third kappa shape index (κ3) is 7.05. The molecule has 0 aliphatic rings. The molecule has 1 N–H and O–H groups in total. The van der Waals surface area contributed by atoms with Crippen LogP contribution in [0.15, 0.2) is 68.3 Å². The molecule has 2 unspecified atom stereocenters. The SMILES string of the molecule is O=S(C=Cc1ccc(Br)cc1)NS(=O)C=Cc1ccc(Br)cc1. The van der Waals surface area contributed by atoms with Crippen LogP contribution in [0.4, 0.5) is 0 Å². The van der Waals surface area contributed by atoms with E-state index in [1.165, 1.54) is 10.8 Å². The predicted octanol–water partition coefficient (Wildman–Crippen LogP) is 4.77. The lowest BCUT2D eigenvalue weighted by Gasteiger charge is -1.97. The minimum absolute atomic E-state index is 0.916. The summed E-state index contributed by atoms with van der Waals surface area (Å²) in [6.45, 7) is 0. The average Bonchev–Trinajstić information content (AvgIpc) is 2.54. The normalized spacial score (nSPS) is 14.3. The van der Waals surface area contributed by atoms with Gasteiger partial charge in [-0.25, -0.2) is 8.42 Å². The minimum atomic E-state index is -1.52. The minimum Gasteiger partial charge on any atom is -0.237 e. The standard InChI is InChI=1S/C16H13Br2NO2S2/c17-15-5-1-13(2-6-15)9-11-22(20)19-23(21)12-10-14-3-7-16(18)8-4-14/h1-12,19H. The molecule has 0 bridgehead atoms. The van der Waals surface area contributed by atoms with Crippen molar-refractivity contribution in [2.45, 2.75) is 0 Å². The molecule has 0 aliphatic carbocycles. The van der Waals surface area contributed by atoms with Gasteiger partial charge in [0.15, 0.2) is 0 Å². The summed E-state index contributed by atoms with van der Waals surface area (Å²) in [5.74, 6) is 0. The fraction of sp³-hybridized carbons (Fsp3) is 0. The molecule has 0 fully saturated rings. The molecule has 2 aromatic rings. The van der Waals surface area contributed by atoms with Gasteiger partial charge in [-0.2, -0.15) is 0 Å². The third-order valence-electron chi connectivity index (χ3n) is 2.67. The maximum atomic E-state index is 11.8. The van der Waals surface area contributed by atoms with Gasteiger partial charge in [0.1, 0.15) is 22.0 Å². The van der Waals surface area contributed by atoms with Gasteiger partial charge in [0.25, 0.3) is 0 Å². The Hall–Kier alpha value is -0.860. The lowest BCUT2D eigenvalue weighted by atomic mass is 10.2. The van der Waals surface area contributed by atoms with Crippen LogP contribution >= 0.6 is 31.9 Å². The van der Waals surface area contributed by atoms with Crippen molar-refractivity contribution in [3.8, 4) is 0 Å². The van der Waals surface area contributed by atoms with E-state index in [4.69, 9.17) is 0 Å². The van der Waals surface area contributed by atoms with E-state index in [1.807, 2.05) is 48.5 Å². The number of benzene rings is 2. The fourth-order valence-electron chi connectivity index (χ4n) is 1.57. The van der Waals surface area contributed by atoms with Crippen LogP contribution in [-0.2, 0) is 22.0 Å². The first kappa shape index (κ1) is 18.5. The first-order valence-corrected chi connectivity index (χ1v) is 10.5. The smallest absolute Gasteiger partial charge is 0.129 e. The topological polar surface area (TPSA) is 46.2 Å². The summed E-state index contributed by atoms with van der Waals surface area (Å²) in [6, 6.07) is 15.2. The van der Waals surface area contributed by atoms with E-state index in [-0.39, 0.29) is 0 Å². The number of halogens is 2. The molecule has 0 amide bonds. The van der Waals surface area contributed by atoms with Crippen LogP contribution in [0.5, 0.6) is 0 Å². The van der Waals surface area contributed by atoms with Crippen LogP contribution in [0.25, 0.3) is 12.2 Å². The van der Waals surface area contributed by atoms with E-state index in [9.17, 15) is 8.42 Å². The summed E-state index contributed by atoms with van der Waals surface area (Å²) < 4.78 is 28.1. The van der Waals surface area contributed by atoms with Gasteiger partial charge < -0.3 is 0 Å². The highest BCUT2D eigenvalue weighted by Crippen LogP contribution is 2.12. The van der Waals surface area contributed by atoms with Gasteiger partial charge >= 0.3 is 0 Å². The summed E-state index contributed by atoms with van der Waals surface area (Å²) >= 11 is 6.70. The molecule has 23 heavy (non-hydrogen) atoms. The molecule has 2 rings (SSSR count). The quantitative estimate of drug-likeness (QED) is 0.655. The van der Waals surface area contributed by atoms with Crippen molar-refractivity contribution in [1.82, 2.24) is 4.13 Å². The molecule has 2 aromatic carbocycles. The van der Waals surface area contributed by atoms with Gasteiger partial charge in [-0.3, -0.25) is 0 Å². The van der Waals surface area contributed by atoms with Crippen LogP contribution in [0.3, 0.4) is 0 Å². The van der Waals surface area contributed by atoms with Crippen molar-refractivity contribution in [1.29, 1.82) is 0 Å². The molecule has 0 aliphatic heterocycles. The first-order valence-electron chi connectivity index (χ1n) is 6.48. The van der Waals surface area contributed by atoms with Crippen molar-refractivity contribution in [2.75, 3.05) is 0 Å². The fourth-order valence-corrected chi connectivity index (χ4v) is 3.75. The van der Waals surface area contributed by atoms with Gasteiger partial charge in [0.2, 0.25) is 0 Å². The Morgan fingerprint density at radius 1 is 0.696 bits per heavy atom. The first-order chi connectivity index (χ1) is 11.0. The molecule has 0 saturated carbocycles. The Balaban J connectivity index is 1.88. The Bertz CT molecular complexity index is 691. The molecule has 0 spiro atoms. The van der Waals surface area contributed by atoms with E-state index in [2.05, 4.69) is 36.0 Å². The van der Waals surface area contributed by atoms with Crippen molar-refractivity contribution in [2.24, 2.45) is 0 Å². The number of hydrogen-bond acceptors (Lipinski definition) is 2. The largest absolute Gasteiger partial charge is 0.237 e. The Morgan fingerprint density at radius 3 is 1.39 bits per heavy atom. The molecular weight excluding hydrogens is 462 g/mol. The monoisotopic (exact) mass is 473 g/mol. The second kappa shape index (κ2) is 9.44. The van der Waals surface area contributed by atoms with Gasteiger partial charge in [-0.15, -0.1) is 4.13 Å². The number of hydrogen-bond donors (Lipinski definition) is 1. The molecule has 0 radical (unpaired) electrons. The van der Waals surface area contributed by atoms with Crippen molar-refractivity contribution < 1.29 is 8.42 Å². The molecule has 2 atom stereocenters. The molecule has 0 heterocycles. The molecule has 7 heteroatoms. The molecule has 0 aromatic heterocycles. The maximum absolute atomic E-state index is 11.8. The summed E-state index contributed by atoms with van der Waals surface area (Å²) in [5, 5.41) is 2.93. The zero-order valence-electron chi connectivity index (χ0n) is 11.8. The molecular formula is C16H13Br2NO2S2. The predicted molar refractivity (Wildman–Crippen MR) is 106 cm³/mol. The van der Waals surface area contributed by atoms with Crippen LogP contribution < -0.4 is 4.13 Å². The van der Waals surface area contributed by atoms with Gasteiger partial charge in [0, 0.05) is 19.8 Å². The average molecular weight is 475 g/mol. The highest BCUT2D eigenvalue weighted by molar-refractivity contribution is 9.10. The van der Waals surface area contributed by atoms with Gasteiger partial charge in [0.05, 0.1) is 0 Å². The van der Waals surface area contributed by atoms with Crippen molar-refractivity contribution in [3.63, 3.8) is 0 Å². The number of rotatable bonds is 6. The van der Waals surface area contributed by atoms with Crippen molar-refractivity contribution in [3.05, 3.63) is 79.4 Å². The number of nitrogens with one attached hydrogen (secondary N) is 1. The molecule has 0 saturated heterocycles. The van der Waals surface area contributed by atoms with E-state index in [0.717, 1.165) is 20.1 Å². The van der Waals surface area contributed by atoms with Gasteiger partial charge in [-0.05, 0) is 47.5 Å². The summed E-state index contributed by atoms with van der Waals surface area (Å²) in [6.07, 6.45) is 3.43. The van der Waals surface area contributed by atoms with E-state index < -0.39 is 22.0 Å². The van der Waals surface area contributed by atoms with Crippen LogP contribution in [0.2, 0.25) is 0 Å². The van der Waals surface area contributed by atoms with E-state index in [1.54, 1.807) is 12.2 Å². The molecule has 120 valence electrons. The zero-order valence-corrected chi connectivity index (χ0v) is 16.6. The van der Waals surface area contributed by atoms with Crippen LogP contribution in [0.1, 0.15) is 11.1 Å². The highest BCUT2D eigenvalue weighted by atomic mass is 79.9. The van der Waals surface area contributed by atoms with Crippen molar-refractivity contribution >= 4 is 66.0 Å². The summed E-state index contributed by atoms with van der Waals surface area (Å²) in [4.78, 5) is 0. The zero-order chi connectivity index (χ0) is 16.7. The Morgan fingerprint density at radius 2 is 1.04 bits per heavy atom. The van der Waals surface area contributed by atoms with E-state index >= 15 is 0 Å².